The van der Waals surface area contributed by atoms with Crippen LogP contribution < -0.4 is 4.74 Å². The van der Waals surface area contributed by atoms with E-state index in [-0.39, 0.29) is 0 Å². The summed E-state index contributed by atoms with van der Waals surface area (Å²) in [5, 5.41) is 2.40. The first kappa shape index (κ1) is 27.4. The van der Waals surface area contributed by atoms with Gasteiger partial charge < -0.3 is 4.74 Å². The van der Waals surface area contributed by atoms with E-state index in [0.29, 0.717) is 28.8 Å². The van der Waals surface area contributed by atoms with Crippen molar-refractivity contribution in [3.05, 3.63) is 169 Å². The Labute approximate surface area is 302 Å². The van der Waals surface area contributed by atoms with Crippen molar-refractivity contribution >= 4 is 31.5 Å². The Balaban J connectivity index is 1.14. The molecule has 240 valence electrons. The highest BCUT2D eigenvalue weighted by Crippen LogP contribution is 2.45. The molecule has 0 atom stereocenters. The van der Waals surface area contributed by atoms with Gasteiger partial charge in [0, 0.05) is 42.4 Å². The van der Waals surface area contributed by atoms with Crippen molar-refractivity contribution in [3.63, 3.8) is 0 Å². The van der Waals surface area contributed by atoms with Crippen LogP contribution in [0.15, 0.2) is 164 Å². The molecular weight excluding hydrogens is 643 g/mol. The number of fused-ring (bicyclic) bond motifs is 6. The molecule has 2 aromatic heterocycles. The number of hydrogen-bond acceptors (Lipinski definition) is 5. The number of hydrogen-bond donors (Lipinski definition) is 0. The summed E-state index contributed by atoms with van der Waals surface area (Å²) in [5.74, 6) is 2.28. The van der Waals surface area contributed by atoms with Gasteiger partial charge in [0.05, 0.1) is 2.74 Å². The third kappa shape index (κ3) is 5.18. The molecule has 0 aliphatic carbocycles. The maximum absolute atomic E-state index is 8.60. The molecule has 7 aromatic carbocycles. The third-order valence-electron chi connectivity index (χ3n) is 9.46. The first-order valence-corrected chi connectivity index (χ1v) is 17.7. The molecule has 0 saturated carbocycles. The lowest BCUT2D eigenvalue weighted by Gasteiger charge is -2.23. The van der Waals surface area contributed by atoms with Gasteiger partial charge in [-0.25, -0.2) is 15.0 Å². The third-order valence-corrected chi connectivity index (χ3v) is 10.7. The van der Waals surface area contributed by atoms with E-state index < -0.39 is 6.56 Å². The molecule has 0 amide bonds. The second-order valence-electron chi connectivity index (χ2n) is 12.5. The highest BCUT2D eigenvalue weighted by molar-refractivity contribution is 7.26. The van der Waals surface area contributed by atoms with E-state index in [4.69, 9.17) is 22.4 Å². The van der Waals surface area contributed by atoms with Gasteiger partial charge in [0.2, 0.25) is 0 Å². The molecule has 3 heterocycles. The van der Waals surface area contributed by atoms with Crippen LogP contribution in [-0.4, -0.2) is 15.0 Å². The molecule has 0 unspecified atom stereocenters. The molecule has 9 aromatic rings. The highest BCUT2D eigenvalue weighted by Gasteiger charge is 2.22. The largest absolute Gasteiger partial charge is 0.488 e. The molecule has 5 heteroatoms. The minimum atomic E-state index is -1.93. The van der Waals surface area contributed by atoms with Crippen molar-refractivity contribution in [3.8, 4) is 73.3 Å². The van der Waals surface area contributed by atoms with Crippen LogP contribution in [0.5, 0.6) is 5.75 Å². The number of rotatable bonds is 5. The van der Waals surface area contributed by atoms with E-state index in [9.17, 15) is 0 Å². The molecule has 0 N–H and O–H groups in total. The monoisotopic (exact) mass is 673 g/mol. The normalized spacial score (nSPS) is 13.6. The summed E-state index contributed by atoms with van der Waals surface area (Å²) in [6, 6.07) is 55.1. The highest BCUT2D eigenvalue weighted by atomic mass is 32.1. The molecule has 1 aliphatic heterocycles. The quantitative estimate of drug-likeness (QED) is 0.182. The van der Waals surface area contributed by atoms with Crippen LogP contribution in [0.3, 0.4) is 0 Å². The van der Waals surface area contributed by atoms with Crippen molar-refractivity contribution in [2.45, 2.75) is 6.56 Å². The van der Waals surface area contributed by atoms with Crippen LogP contribution in [0.4, 0.5) is 0 Å². The summed E-state index contributed by atoms with van der Waals surface area (Å²) in [5.41, 5.74) is 9.05. The lowest BCUT2D eigenvalue weighted by Crippen LogP contribution is -2.06. The van der Waals surface area contributed by atoms with Gasteiger partial charge in [0.25, 0.3) is 0 Å². The van der Waals surface area contributed by atoms with Crippen LogP contribution in [0.2, 0.25) is 0 Å². The lowest BCUT2D eigenvalue weighted by atomic mass is 9.89. The first-order chi connectivity index (χ1) is 26.0. The zero-order valence-corrected chi connectivity index (χ0v) is 28.1. The minimum absolute atomic E-state index is 0.511. The summed E-state index contributed by atoms with van der Waals surface area (Å²) in [7, 11) is 0. The Hall–Kier alpha value is -6.43. The van der Waals surface area contributed by atoms with Crippen molar-refractivity contribution in [2.24, 2.45) is 0 Å². The van der Waals surface area contributed by atoms with E-state index in [2.05, 4.69) is 97.1 Å². The topological polar surface area (TPSA) is 47.9 Å². The smallest absolute Gasteiger partial charge is 0.165 e. The van der Waals surface area contributed by atoms with E-state index in [1.54, 1.807) is 17.4 Å². The molecule has 0 saturated heterocycles. The maximum atomic E-state index is 8.60. The molecule has 10 rings (SSSR count). The van der Waals surface area contributed by atoms with Gasteiger partial charge in [-0.2, -0.15) is 0 Å². The maximum Gasteiger partial charge on any atom is 0.165 e. The van der Waals surface area contributed by atoms with Gasteiger partial charge in [-0.15, -0.1) is 11.3 Å². The van der Waals surface area contributed by atoms with Crippen LogP contribution in [-0.2, 0) is 6.56 Å². The zero-order valence-electron chi connectivity index (χ0n) is 29.2. The van der Waals surface area contributed by atoms with E-state index in [1.165, 1.54) is 15.5 Å². The molecule has 1 aliphatic rings. The second kappa shape index (κ2) is 12.2. The summed E-state index contributed by atoms with van der Waals surface area (Å²) in [6.45, 7) is -1.93. The van der Waals surface area contributed by atoms with Crippen LogP contribution in [0.1, 0.15) is 8.30 Å². The number of thiophene rings is 1. The number of benzene rings is 7. The molecule has 0 radical (unpaired) electrons. The van der Waals surface area contributed by atoms with Crippen molar-refractivity contribution in [1.29, 1.82) is 0 Å². The fourth-order valence-electron chi connectivity index (χ4n) is 6.98. The summed E-state index contributed by atoms with van der Waals surface area (Å²) < 4.78 is 25.5. The van der Waals surface area contributed by atoms with E-state index in [0.717, 1.165) is 54.8 Å². The standard InChI is InChI=1S/C46H29N3OS/c1-2-11-29(12-3-1)30-23-25-31(26-24-30)44-47-45(49-46(48-44)39-20-9-19-38-37-17-6-7-22-41(37)51-43(38)39)33-15-8-14-32(27-33)35-18-10-21-40-42(35)36-16-5-4-13-34(36)28-50-40/h1-27H,28H2/i28D2. The summed E-state index contributed by atoms with van der Waals surface area (Å²) >= 11 is 1.75. The summed E-state index contributed by atoms with van der Waals surface area (Å²) in [6.07, 6.45) is 0. The fraction of sp³-hybridized carbons (Fsp3) is 0.0217. The first-order valence-electron chi connectivity index (χ1n) is 17.9. The Morgan fingerprint density at radius 2 is 1.08 bits per heavy atom. The van der Waals surface area contributed by atoms with Gasteiger partial charge in [-0.3, -0.25) is 0 Å². The number of aromatic nitrogens is 3. The Morgan fingerprint density at radius 3 is 1.98 bits per heavy atom. The van der Waals surface area contributed by atoms with Gasteiger partial charge >= 0.3 is 0 Å². The molecule has 4 nitrogen and oxygen atoms in total. The average molecular weight is 674 g/mol. The second-order valence-corrected chi connectivity index (χ2v) is 13.6. The molecule has 0 bridgehead atoms. The molecule has 0 spiro atoms. The predicted molar refractivity (Wildman–Crippen MR) is 210 cm³/mol. The fourth-order valence-corrected chi connectivity index (χ4v) is 8.19. The van der Waals surface area contributed by atoms with Gasteiger partial charge in [-0.05, 0) is 57.6 Å². The Morgan fingerprint density at radius 1 is 0.471 bits per heavy atom. The Kier molecular flexibility index (Phi) is 6.53. The van der Waals surface area contributed by atoms with Crippen LogP contribution in [0.25, 0.3) is 87.7 Å². The van der Waals surface area contributed by atoms with Gasteiger partial charge in [-0.1, -0.05) is 140 Å². The number of ether oxygens (including phenoxy) is 1. The Bertz CT molecular complexity index is 2850. The van der Waals surface area contributed by atoms with Crippen LogP contribution in [0, 0.1) is 0 Å². The summed E-state index contributed by atoms with van der Waals surface area (Å²) in [4.78, 5) is 15.4. The molecule has 0 fully saturated rings. The van der Waals surface area contributed by atoms with Crippen LogP contribution >= 0.6 is 11.3 Å². The van der Waals surface area contributed by atoms with Gasteiger partial charge in [0.15, 0.2) is 17.5 Å². The van der Waals surface area contributed by atoms with E-state index in [1.807, 2.05) is 60.7 Å². The predicted octanol–water partition coefficient (Wildman–Crippen LogP) is 12.1. The van der Waals surface area contributed by atoms with Crippen molar-refractivity contribution < 1.29 is 7.48 Å². The SMILES string of the molecule is [2H]C1([2H])Oc2cccc(-c3cccc(-c4nc(-c5ccc(-c6ccccc6)cc5)nc(-c5cccc6c5sc5ccccc56)n4)c3)c2-c2ccccc21. The number of nitrogens with zero attached hydrogens (tertiary/aromatic N) is 3. The molecular formula is C46H29N3OS. The van der Waals surface area contributed by atoms with Crippen molar-refractivity contribution in [2.75, 3.05) is 0 Å². The van der Waals surface area contributed by atoms with Crippen molar-refractivity contribution in [1.82, 2.24) is 15.0 Å². The van der Waals surface area contributed by atoms with Gasteiger partial charge in [0.1, 0.15) is 12.3 Å². The lowest BCUT2D eigenvalue weighted by molar-refractivity contribution is 0.302. The zero-order chi connectivity index (χ0) is 35.5. The molecule has 51 heavy (non-hydrogen) atoms. The average Bonchev–Trinajstić information content (AvgIpc) is 3.60. The van der Waals surface area contributed by atoms with E-state index >= 15 is 0 Å². The minimum Gasteiger partial charge on any atom is -0.488 e.